The molecule has 6 N–H and O–H groups in total. The molecule has 0 radical (unpaired) electrons. The van der Waals surface area contributed by atoms with E-state index in [2.05, 4.69) is 15.5 Å². The number of hydrogen-bond donors (Lipinski definition) is 5. The summed E-state index contributed by atoms with van der Waals surface area (Å²) in [6.45, 7) is 3.74. The van der Waals surface area contributed by atoms with E-state index in [4.69, 9.17) is 11.0 Å². The van der Waals surface area contributed by atoms with Crippen molar-refractivity contribution in [1.82, 2.24) is 25.7 Å². The normalized spacial score (nSPS) is 15.3. The van der Waals surface area contributed by atoms with E-state index < -0.39 is 33.3 Å². The smallest absolute Gasteiger partial charge is 0.294 e. The Labute approximate surface area is 288 Å². The average molecular weight is 699 g/mol. The predicted molar refractivity (Wildman–Crippen MR) is 183 cm³/mol. The molecule has 2 atom stereocenters. The molecule has 1 aliphatic rings. The fourth-order valence-corrected chi connectivity index (χ4v) is 7.41. The standard InChI is InChI=1S/C19H29NO5S.C16H21N5O2/c1-14-10-11-18(26(23,24)25)17(12-14)13-16(19(21)20-22)9-5-8-15-6-3-2-4-7-15;1-2-8-16(15(23)20-17,9-13-6-4-3-5-7-13)14(22)10-21-12-18-11-19-21/h10-12,15-16,22H,2-9,13H2,1H3,(H,20,21)(H,23,24,25);3-7,11-12H,2,8-10,17H2,1H3,(H,20,23)/t2*16-/m01/s1. The lowest BCUT2D eigenvalue weighted by molar-refractivity contribution is -0.143. The molecule has 4 rings (SSSR count). The minimum absolute atomic E-state index is 0.0136. The highest BCUT2D eigenvalue weighted by Crippen LogP contribution is 2.32. The van der Waals surface area contributed by atoms with Crippen molar-refractivity contribution in [2.45, 2.75) is 102 Å². The number of rotatable bonds is 16. The first kappa shape index (κ1) is 39.5. The number of hydroxylamine groups is 1. The maximum Gasteiger partial charge on any atom is 0.294 e. The molecule has 268 valence electrons. The molecule has 1 aliphatic carbocycles. The van der Waals surface area contributed by atoms with Crippen LogP contribution >= 0.6 is 0 Å². The van der Waals surface area contributed by atoms with Crippen LogP contribution in [0, 0.1) is 24.2 Å². The summed E-state index contributed by atoms with van der Waals surface area (Å²) in [5.74, 6) is 4.33. The number of carbonyl (C=O) groups excluding carboxylic acids is 3. The number of aromatic nitrogens is 3. The molecule has 0 aliphatic heterocycles. The van der Waals surface area contributed by atoms with Crippen molar-refractivity contribution in [1.29, 1.82) is 0 Å². The molecule has 0 spiro atoms. The Balaban J connectivity index is 0.000000267. The number of benzene rings is 2. The van der Waals surface area contributed by atoms with Gasteiger partial charge in [-0.25, -0.2) is 21.0 Å². The van der Waals surface area contributed by atoms with E-state index >= 15 is 0 Å². The highest BCUT2D eigenvalue weighted by molar-refractivity contribution is 7.85. The van der Waals surface area contributed by atoms with Crippen molar-refractivity contribution >= 4 is 27.7 Å². The largest absolute Gasteiger partial charge is 0.296 e. The van der Waals surface area contributed by atoms with E-state index in [-0.39, 0.29) is 23.6 Å². The maximum absolute atomic E-state index is 12.9. The molecular weight excluding hydrogens is 648 g/mol. The molecule has 0 unspecified atom stereocenters. The molecule has 1 saturated carbocycles. The topological polar surface area (TPSA) is 207 Å². The third kappa shape index (κ3) is 11.8. The third-order valence-corrected chi connectivity index (χ3v) is 10.2. The molecule has 49 heavy (non-hydrogen) atoms. The van der Waals surface area contributed by atoms with Crippen molar-refractivity contribution in [3.63, 3.8) is 0 Å². The van der Waals surface area contributed by atoms with Gasteiger partial charge in [0.15, 0.2) is 5.78 Å². The lowest BCUT2D eigenvalue weighted by Crippen LogP contribution is -2.51. The molecule has 0 bridgehead atoms. The van der Waals surface area contributed by atoms with E-state index in [1.807, 2.05) is 44.2 Å². The highest BCUT2D eigenvalue weighted by atomic mass is 32.2. The molecule has 13 nitrogen and oxygen atoms in total. The zero-order valence-electron chi connectivity index (χ0n) is 28.4. The van der Waals surface area contributed by atoms with Gasteiger partial charge in [0.25, 0.3) is 10.1 Å². The Morgan fingerprint density at radius 1 is 1.10 bits per heavy atom. The molecular formula is C35H50N6O7S. The minimum atomic E-state index is -4.36. The molecule has 3 aromatic rings. The fourth-order valence-electron chi connectivity index (χ4n) is 6.70. The quantitative estimate of drug-likeness (QED) is 0.0353. The van der Waals surface area contributed by atoms with E-state index in [0.29, 0.717) is 37.2 Å². The predicted octanol–water partition coefficient (Wildman–Crippen LogP) is 4.52. The Bertz CT molecular complexity index is 1600. The molecule has 1 fully saturated rings. The van der Waals surface area contributed by atoms with Crippen LogP contribution in [0.5, 0.6) is 0 Å². The number of carbonyl (C=O) groups is 3. The van der Waals surface area contributed by atoms with Crippen LogP contribution in [0.15, 0.2) is 66.1 Å². The summed E-state index contributed by atoms with van der Waals surface area (Å²) in [5, 5.41) is 13.0. The van der Waals surface area contributed by atoms with Gasteiger partial charge in [0.2, 0.25) is 11.8 Å². The number of nitrogens with one attached hydrogen (secondary N) is 2. The van der Waals surface area contributed by atoms with Gasteiger partial charge in [0.05, 0.1) is 4.90 Å². The first-order chi connectivity index (χ1) is 23.4. The van der Waals surface area contributed by atoms with Gasteiger partial charge in [0, 0.05) is 5.92 Å². The van der Waals surface area contributed by atoms with Crippen molar-refractivity contribution in [2.75, 3.05) is 0 Å². The van der Waals surface area contributed by atoms with Gasteiger partial charge in [-0.05, 0) is 55.7 Å². The van der Waals surface area contributed by atoms with Crippen molar-refractivity contribution < 1.29 is 32.6 Å². The first-order valence-electron chi connectivity index (χ1n) is 16.8. The van der Waals surface area contributed by atoms with Crippen LogP contribution in [0.25, 0.3) is 0 Å². The van der Waals surface area contributed by atoms with Crippen LogP contribution in [-0.4, -0.2) is 50.5 Å². The van der Waals surface area contributed by atoms with Crippen LogP contribution in [0.3, 0.4) is 0 Å². The maximum atomic E-state index is 12.9. The zero-order chi connectivity index (χ0) is 35.9. The van der Waals surface area contributed by atoms with Gasteiger partial charge >= 0.3 is 0 Å². The number of nitrogens with zero attached hydrogens (tertiary/aromatic N) is 3. The van der Waals surface area contributed by atoms with Crippen molar-refractivity contribution in [3.05, 3.63) is 77.9 Å². The molecule has 14 heteroatoms. The van der Waals surface area contributed by atoms with E-state index in [1.54, 1.807) is 17.6 Å². The van der Waals surface area contributed by atoms with Crippen LogP contribution in [0.2, 0.25) is 0 Å². The summed E-state index contributed by atoms with van der Waals surface area (Å²) in [6, 6.07) is 14.1. The molecule has 1 aromatic heterocycles. The number of ketones is 1. The fraction of sp³-hybridized carbons (Fsp3) is 0.514. The van der Waals surface area contributed by atoms with E-state index in [0.717, 1.165) is 24.0 Å². The Kier molecular flexibility index (Phi) is 15.5. The SMILES string of the molecule is CCC[C@@](Cc1ccccc1)(C(=O)Cn1cncn1)C(=O)NN.Cc1ccc(S(=O)(=O)O)c(C[C@H](CCCC2CCCCC2)C(=O)NO)c1. The lowest BCUT2D eigenvalue weighted by atomic mass is 9.73. The number of hydrogen-bond acceptors (Lipinski definition) is 9. The van der Waals surface area contributed by atoms with Crippen LogP contribution in [0.4, 0.5) is 0 Å². The lowest BCUT2D eigenvalue weighted by Gasteiger charge is -2.30. The Morgan fingerprint density at radius 2 is 1.82 bits per heavy atom. The summed E-state index contributed by atoms with van der Waals surface area (Å²) >= 11 is 0. The number of hydrazine groups is 1. The van der Waals surface area contributed by atoms with E-state index in [1.165, 1.54) is 55.5 Å². The van der Waals surface area contributed by atoms with Crippen LogP contribution in [0.1, 0.15) is 87.8 Å². The van der Waals surface area contributed by atoms with Gasteiger partial charge in [-0.2, -0.15) is 13.5 Å². The number of nitrogens with two attached hydrogens (primary N) is 1. The van der Waals surface area contributed by atoms with Crippen LogP contribution < -0.4 is 16.7 Å². The number of Topliss-reactive ketones (excluding diaryl/α,β-unsaturated/α-hetero) is 1. The number of aryl methyl sites for hydroxylation is 1. The first-order valence-corrected chi connectivity index (χ1v) is 18.3. The molecule has 1 heterocycles. The molecule has 2 aromatic carbocycles. The highest BCUT2D eigenvalue weighted by Gasteiger charge is 2.44. The second kappa shape index (κ2) is 19.3. The van der Waals surface area contributed by atoms with Crippen LogP contribution in [-0.2, 0) is 43.9 Å². The Morgan fingerprint density at radius 3 is 2.41 bits per heavy atom. The monoisotopic (exact) mass is 698 g/mol. The summed E-state index contributed by atoms with van der Waals surface area (Å²) in [5.41, 5.74) is 4.81. The second-order valence-corrected chi connectivity index (χ2v) is 14.3. The van der Waals surface area contributed by atoms with Gasteiger partial charge in [-0.3, -0.25) is 29.6 Å². The third-order valence-electron chi connectivity index (χ3n) is 9.23. The molecule has 2 amide bonds. The van der Waals surface area contributed by atoms with E-state index in [9.17, 15) is 27.4 Å². The zero-order valence-corrected chi connectivity index (χ0v) is 29.2. The minimum Gasteiger partial charge on any atom is -0.296 e. The van der Waals surface area contributed by atoms with Crippen molar-refractivity contribution in [3.8, 4) is 0 Å². The summed E-state index contributed by atoms with van der Waals surface area (Å²) in [4.78, 5) is 41.1. The van der Waals surface area contributed by atoms with Gasteiger partial charge in [0.1, 0.15) is 24.6 Å². The van der Waals surface area contributed by atoms with Crippen molar-refractivity contribution in [2.24, 2.45) is 23.1 Å². The van der Waals surface area contributed by atoms with Gasteiger partial charge < -0.3 is 0 Å². The second-order valence-electron chi connectivity index (χ2n) is 12.9. The average Bonchev–Trinajstić information content (AvgIpc) is 3.60. The number of amides is 2. The summed E-state index contributed by atoms with van der Waals surface area (Å²) < 4.78 is 34.1. The summed E-state index contributed by atoms with van der Waals surface area (Å²) in [7, 11) is -4.36. The Hall–Kier alpha value is -3.98. The van der Waals surface area contributed by atoms with Gasteiger partial charge in [-0.1, -0.05) is 106 Å². The summed E-state index contributed by atoms with van der Waals surface area (Å²) in [6.07, 6.45) is 13.2. The van der Waals surface area contributed by atoms with Gasteiger partial charge in [-0.15, -0.1) is 0 Å². The molecule has 0 saturated heterocycles.